The molecule has 0 aliphatic heterocycles. The molecule has 0 unspecified atom stereocenters. The first-order valence-corrected chi connectivity index (χ1v) is 10.9. The number of hydrogen-bond acceptors (Lipinski definition) is 4. The van der Waals surface area contributed by atoms with Gasteiger partial charge in [-0.2, -0.15) is 31.4 Å². The number of aromatic amines is 1. The number of ether oxygens (including phenoxy) is 1. The van der Waals surface area contributed by atoms with Crippen LogP contribution in [0.15, 0.2) is 60.7 Å². The van der Waals surface area contributed by atoms with Gasteiger partial charge < -0.3 is 10.1 Å². The van der Waals surface area contributed by atoms with E-state index in [2.05, 4.69) is 20.8 Å². The largest absolute Gasteiger partial charge is 0.489 e. The van der Waals surface area contributed by atoms with Gasteiger partial charge >= 0.3 is 18.4 Å². The van der Waals surface area contributed by atoms with Crippen molar-refractivity contribution in [3.8, 4) is 5.75 Å². The first-order valence-electron chi connectivity index (χ1n) is 10.9. The normalized spacial score (nSPS) is 11.9. The van der Waals surface area contributed by atoms with E-state index in [-0.39, 0.29) is 23.4 Å². The molecule has 0 bridgehead atoms. The van der Waals surface area contributed by atoms with Crippen molar-refractivity contribution in [3.05, 3.63) is 82.9 Å². The number of nitrogens with zero attached hydrogens (tertiary/aromatic N) is 1. The number of urea groups is 1. The minimum absolute atomic E-state index is 0.0479. The van der Waals surface area contributed by atoms with E-state index in [9.17, 15) is 35.9 Å². The summed E-state index contributed by atoms with van der Waals surface area (Å²) in [5.74, 6) is 0.0546. The summed E-state index contributed by atoms with van der Waals surface area (Å²) in [5.41, 5.74) is -1.99. The number of alkyl halides is 6. The minimum Gasteiger partial charge on any atom is -0.489 e. The highest BCUT2D eigenvalue weighted by Gasteiger charge is 2.38. The Balaban J connectivity index is 1.49. The molecule has 13 heteroatoms. The summed E-state index contributed by atoms with van der Waals surface area (Å²) in [6, 6.07) is 11.2. The Hall–Kier alpha value is -4.55. The Bertz CT molecular complexity index is 1490. The summed E-state index contributed by atoms with van der Waals surface area (Å²) in [5, 5.41) is 12.2. The monoisotopic (exact) mass is 536 g/mol. The number of fused-ring (bicyclic) bond motifs is 1. The molecule has 0 atom stereocenters. The molecule has 0 aliphatic rings. The summed E-state index contributed by atoms with van der Waals surface area (Å²) in [6.45, 7) is 0.754. The van der Waals surface area contributed by atoms with Gasteiger partial charge in [0, 0.05) is 22.2 Å². The van der Waals surface area contributed by atoms with Gasteiger partial charge in [0.2, 0.25) is 0 Å². The van der Waals surface area contributed by atoms with E-state index in [1.54, 1.807) is 24.3 Å². The topological polar surface area (TPSA) is 96.1 Å². The van der Waals surface area contributed by atoms with E-state index < -0.39 is 41.7 Å². The van der Waals surface area contributed by atoms with Crippen molar-refractivity contribution < 1.29 is 40.7 Å². The maximum Gasteiger partial charge on any atom is 0.416 e. The molecule has 2 amide bonds. The molecule has 4 aromatic rings. The molecule has 0 aliphatic carbocycles. The van der Waals surface area contributed by atoms with Gasteiger partial charge in [0.15, 0.2) is 11.6 Å². The third-order valence-corrected chi connectivity index (χ3v) is 5.45. The summed E-state index contributed by atoms with van der Waals surface area (Å²) < 4.78 is 84.3. The number of anilines is 2. The van der Waals surface area contributed by atoms with Crippen molar-refractivity contribution in [3.63, 3.8) is 0 Å². The Morgan fingerprint density at radius 1 is 0.895 bits per heavy atom. The SMILES string of the molecule is CC(=O)c1ccc(NC(=O)Nc2n[nH]c3ccc(OCc4ccc(C(F)(F)F)cc4C(F)(F)F)cc23)cc1. The van der Waals surface area contributed by atoms with Gasteiger partial charge in [-0.15, -0.1) is 0 Å². The molecule has 0 saturated carbocycles. The van der Waals surface area contributed by atoms with Crippen molar-refractivity contribution in [1.82, 2.24) is 10.2 Å². The number of amides is 2. The number of hydrogen-bond donors (Lipinski definition) is 3. The maximum atomic E-state index is 13.4. The molecule has 7 nitrogen and oxygen atoms in total. The van der Waals surface area contributed by atoms with E-state index in [1.165, 1.54) is 25.1 Å². The number of carbonyl (C=O) groups is 2. The highest BCUT2D eigenvalue weighted by molar-refractivity contribution is 6.05. The predicted molar refractivity (Wildman–Crippen MR) is 126 cm³/mol. The Kier molecular flexibility index (Phi) is 7.03. The second-order valence-corrected chi connectivity index (χ2v) is 8.15. The van der Waals surface area contributed by atoms with Crippen LogP contribution in [0.1, 0.15) is 34.0 Å². The molecular weight excluding hydrogens is 518 g/mol. The first kappa shape index (κ1) is 26.5. The van der Waals surface area contributed by atoms with Crippen LogP contribution in [0.2, 0.25) is 0 Å². The highest BCUT2D eigenvalue weighted by Crippen LogP contribution is 2.38. The van der Waals surface area contributed by atoms with Gasteiger partial charge in [-0.1, -0.05) is 6.07 Å². The zero-order chi connectivity index (χ0) is 27.7. The Morgan fingerprint density at radius 3 is 2.24 bits per heavy atom. The third-order valence-electron chi connectivity index (χ3n) is 5.45. The van der Waals surface area contributed by atoms with Crippen molar-refractivity contribution in [1.29, 1.82) is 0 Å². The number of halogens is 6. The summed E-state index contributed by atoms with van der Waals surface area (Å²) in [6.07, 6.45) is -9.95. The minimum atomic E-state index is -5.02. The fourth-order valence-corrected chi connectivity index (χ4v) is 3.54. The van der Waals surface area contributed by atoms with Crippen LogP contribution in [0.4, 0.5) is 42.6 Å². The van der Waals surface area contributed by atoms with Gasteiger partial charge in [-0.3, -0.25) is 15.2 Å². The van der Waals surface area contributed by atoms with E-state index in [0.717, 1.165) is 6.07 Å². The molecule has 38 heavy (non-hydrogen) atoms. The van der Waals surface area contributed by atoms with Crippen LogP contribution >= 0.6 is 0 Å². The molecular formula is C25H18F6N4O3. The second kappa shape index (κ2) is 10.1. The number of Topliss-reactive ketones (excluding diaryl/α,β-unsaturated/α-hetero) is 1. The van der Waals surface area contributed by atoms with Crippen molar-refractivity contribution >= 4 is 34.2 Å². The molecule has 0 spiro atoms. The van der Waals surface area contributed by atoms with Crippen LogP contribution < -0.4 is 15.4 Å². The molecule has 1 aromatic heterocycles. The van der Waals surface area contributed by atoms with E-state index >= 15 is 0 Å². The number of ketones is 1. The molecule has 4 rings (SSSR count). The highest BCUT2D eigenvalue weighted by atomic mass is 19.4. The van der Waals surface area contributed by atoms with Crippen molar-refractivity contribution in [2.45, 2.75) is 25.9 Å². The smallest absolute Gasteiger partial charge is 0.416 e. The molecule has 3 N–H and O–H groups in total. The number of rotatable bonds is 6. The number of H-pyrrole nitrogens is 1. The summed E-state index contributed by atoms with van der Waals surface area (Å²) in [4.78, 5) is 23.8. The van der Waals surface area contributed by atoms with Crippen LogP contribution in [0, 0.1) is 0 Å². The van der Waals surface area contributed by atoms with E-state index in [1.807, 2.05) is 0 Å². The lowest BCUT2D eigenvalue weighted by molar-refractivity contribution is -0.143. The zero-order valence-electron chi connectivity index (χ0n) is 19.4. The Morgan fingerprint density at radius 2 is 1.61 bits per heavy atom. The van der Waals surface area contributed by atoms with E-state index in [0.29, 0.717) is 28.2 Å². The van der Waals surface area contributed by atoms with Crippen LogP contribution in [0.25, 0.3) is 10.9 Å². The van der Waals surface area contributed by atoms with Gasteiger partial charge in [-0.25, -0.2) is 4.79 Å². The van der Waals surface area contributed by atoms with Gasteiger partial charge in [-0.05, 0) is 61.5 Å². The van der Waals surface area contributed by atoms with Crippen LogP contribution in [0.3, 0.4) is 0 Å². The number of carbonyl (C=O) groups excluding carboxylic acids is 2. The lowest BCUT2D eigenvalue weighted by Gasteiger charge is -2.16. The predicted octanol–water partition coefficient (Wildman–Crippen LogP) is 7.03. The summed E-state index contributed by atoms with van der Waals surface area (Å²) in [7, 11) is 0. The quantitative estimate of drug-likeness (QED) is 0.182. The van der Waals surface area contributed by atoms with Gasteiger partial charge in [0.1, 0.15) is 12.4 Å². The van der Waals surface area contributed by atoms with Crippen molar-refractivity contribution in [2.75, 3.05) is 10.6 Å². The van der Waals surface area contributed by atoms with Gasteiger partial charge in [0.25, 0.3) is 0 Å². The van der Waals surface area contributed by atoms with Crippen LogP contribution in [0.5, 0.6) is 5.75 Å². The number of benzene rings is 3. The number of aromatic nitrogens is 2. The fourth-order valence-electron chi connectivity index (χ4n) is 3.54. The second-order valence-electron chi connectivity index (χ2n) is 8.15. The molecule has 1 heterocycles. The zero-order valence-corrected chi connectivity index (χ0v) is 19.4. The third kappa shape index (κ3) is 6.05. The Labute approximate surface area is 210 Å². The number of nitrogens with one attached hydrogen (secondary N) is 3. The molecule has 0 fully saturated rings. The molecule has 0 saturated heterocycles. The maximum absolute atomic E-state index is 13.4. The lowest BCUT2D eigenvalue weighted by atomic mass is 10.0. The average Bonchev–Trinajstić information content (AvgIpc) is 3.23. The van der Waals surface area contributed by atoms with Crippen LogP contribution in [-0.2, 0) is 19.0 Å². The first-order chi connectivity index (χ1) is 17.8. The average molecular weight is 536 g/mol. The molecule has 3 aromatic carbocycles. The lowest BCUT2D eigenvalue weighted by Crippen LogP contribution is -2.19. The standard InChI is InChI=1S/C25H18F6N4O3/c1-13(36)14-3-6-17(7-4-14)32-23(37)33-22-19-11-18(8-9-21(19)34-35-22)38-12-15-2-5-16(24(26,27)28)10-20(15)25(29,30)31/h2-11H,12H2,1H3,(H3,32,33,34,35,37). The molecule has 0 radical (unpaired) electrons. The van der Waals surface area contributed by atoms with Gasteiger partial charge in [0.05, 0.1) is 16.6 Å². The van der Waals surface area contributed by atoms with Crippen molar-refractivity contribution in [2.24, 2.45) is 0 Å². The fraction of sp³-hybridized carbons (Fsp3) is 0.160. The van der Waals surface area contributed by atoms with Crippen LogP contribution in [-0.4, -0.2) is 22.0 Å². The molecule has 198 valence electrons. The van der Waals surface area contributed by atoms with E-state index in [4.69, 9.17) is 4.74 Å². The summed E-state index contributed by atoms with van der Waals surface area (Å²) >= 11 is 0.